The van der Waals surface area contributed by atoms with Gasteiger partial charge in [-0.05, 0) is 12.8 Å². The molecule has 0 aromatic rings. The molecule has 1 rings (SSSR count). The predicted octanol–water partition coefficient (Wildman–Crippen LogP) is -1.95. The maximum atomic E-state index is 11.1. The second-order valence-electron chi connectivity index (χ2n) is 3.36. The van der Waals surface area contributed by atoms with Crippen molar-refractivity contribution in [1.82, 2.24) is 16.0 Å². The van der Waals surface area contributed by atoms with Gasteiger partial charge in [-0.15, -0.1) is 0 Å². The molecule has 0 radical (unpaired) electrons. The lowest BCUT2D eigenvalue weighted by molar-refractivity contribution is -0.121. The largest absolute Gasteiger partial charge is 0.352 e. The molecule has 1 aliphatic rings. The SMILES string of the molecule is NC(=O)NC(=O)CNCC(=O)NC1CC1. The number of imide groups is 1. The Balaban J connectivity index is 2.01. The molecule has 7 nitrogen and oxygen atoms in total. The molecule has 1 saturated carbocycles. The number of amides is 4. The Morgan fingerprint density at radius 3 is 2.27 bits per heavy atom. The monoisotopic (exact) mass is 214 g/mol. The zero-order chi connectivity index (χ0) is 11.3. The van der Waals surface area contributed by atoms with E-state index in [9.17, 15) is 14.4 Å². The van der Waals surface area contributed by atoms with Gasteiger partial charge in [0, 0.05) is 6.04 Å². The summed E-state index contributed by atoms with van der Waals surface area (Å²) in [5.74, 6) is -0.703. The first-order valence-electron chi connectivity index (χ1n) is 4.67. The van der Waals surface area contributed by atoms with E-state index in [0.29, 0.717) is 6.04 Å². The summed E-state index contributed by atoms with van der Waals surface area (Å²) < 4.78 is 0. The Hall–Kier alpha value is -1.63. The fourth-order valence-corrected chi connectivity index (χ4v) is 0.978. The van der Waals surface area contributed by atoms with Crippen LogP contribution in [0.4, 0.5) is 4.79 Å². The normalized spacial score (nSPS) is 14.4. The summed E-state index contributed by atoms with van der Waals surface area (Å²) in [5.41, 5.74) is 4.72. The maximum Gasteiger partial charge on any atom is 0.318 e. The van der Waals surface area contributed by atoms with Gasteiger partial charge in [0.2, 0.25) is 11.8 Å². The molecular weight excluding hydrogens is 200 g/mol. The molecule has 4 amide bonds. The van der Waals surface area contributed by atoms with E-state index in [4.69, 9.17) is 5.73 Å². The Morgan fingerprint density at radius 2 is 1.73 bits per heavy atom. The molecule has 0 heterocycles. The highest BCUT2D eigenvalue weighted by molar-refractivity contribution is 5.94. The van der Waals surface area contributed by atoms with Gasteiger partial charge in [0.05, 0.1) is 13.1 Å². The first-order valence-corrected chi connectivity index (χ1v) is 4.67. The van der Waals surface area contributed by atoms with Crippen LogP contribution in [0.25, 0.3) is 0 Å². The van der Waals surface area contributed by atoms with Crippen molar-refractivity contribution >= 4 is 17.8 Å². The van der Waals surface area contributed by atoms with Crippen LogP contribution in [0.2, 0.25) is 0 Å². The van der Waals surface area contributed by atoms with Crippen LogP contribution < -0.4 is 21.7 Å². The summed E-state index contributed by atoms with van der Waals surface area (Å²) in [5, 5.41) is 7.21. The van der Waals surface area contributed by atoms with Gasteiger partial charge >= 0.3 is 6.03 Å². The van der Waals surface area contributed by atoms with Crippen LogP contribution in [0.15, 0.2) is 0 Å². The number of nitrogens with two attached hydrogens (primary N) is 1. The van der Waals surface area contributed by atoms with Crippen LogP contribution in [-0.4, -0.2) is 37.0 Å². The van der Waals surface area contributed by atoms with Crippen molar-refractivity contribution in [3.05, 3.63) is 0 Å². The number of hydrogen-bond donors (Lipinski definition) is 4. The lowest BCUT2D eigenvalue weighted by atomic mass is 10.5. The first kappa shape index (κ1) is 11.4. The Morgan fingerprint density at radius 1 is 1.13 bits per heavy atom. The van der Waals surface area contributed by atoms with Gasteiger partial charge in [-0.2, -0.15) is 0 Å². The van der Waals surface area contributed by atoms with Crippen molar-refractivity contribution in [3.8, 4) is 0 Å². The molecule has 0 saturated heterocycles. The summed E-state index contributed by atoms with van der Waals surface area (Å²) in [4.78, 5) is 32.2. The molecule has 0 aromatic carbocycles. The minimum Gasteiger partial charge on any atom is -0.352 e. The maximum absolute atomic E-state index is 11.1. The van der Waals surface area contributed by atoms with E-state index in [1.165, 1.54) is 0 Å². The molecule has 84 valence electrons. The highest BCUT2D eigenvalue weighted by Crippen LogP contribution is 2.17. The van der Waals surface area contributed by atoms with Crippen molar-refractivity contribution in [1.29, 1.82) is 0 Å². The van der Waals surface area contributed by atoms with E-state index >= 15 is 0 Å². The van der Waals surface area contributed by atoms with Crippen LogP contribution in [0.3, 0.4) is 0 Å². The van der Waals surface area contributed by atoms with Crippen LogP contribution in [-0.2, 0) is 9.59 Å². The first-order chi connectivity index (χ1) is 7.08. The summed E-state index contributed by atoms with van der Waals surface area (Å²) in [6.45, 7) is -0.0519. The number of carbonyl (C=O) groups is 3. The quantitative estimate of drug-likeness (QED) is 0.426. The molecular formula is C8H14N4O3. The topological polar surface area (TPSA) is 113 Å². The van der Waals surface area contributed by atoms with Gasteiger partial charge in [0.25, 0.3) is 0 Å². The number of primary amides is 1. The minimum absolute atomic E-state index is 0.0582. The highest BCUT2D eigenvalue weighted by atomic mass is 16.2. The number of rotatable bonds is 5. The summed E-state index contributed by atoms with van der Waals surface area (Å²) in [7, 11) is 0. The number of nitrogens with one attached hydrogen (secondary N) is 3. The molecule has 0 atom stereocenters. The lowest BCUT2D eigenvalue weighted by Gasteiger charge is -2.04. The van der Waals surface area contributed by atoms with Gasteiger partial charge < -0.3 is 11.1 Å². The minimum atomic E-state index is -0.899. The van der Waals surface area contributed by atoms with Gasteiger partial charge in [0.1, 0.15) is 0 Å². The fourth-order valence-electron chi connectivity index (χ4n) is 0.978. The average Bonchev–Trinajstić information content (AvgIpc) is 2.86. The van der Waals surface area contributed by atoms with Gasteiger partial charge in [-0.25, -0.2) is 4.79 Å². The molecule has 0 unspecified atom stereocenters. The number of hydrogen-bond acceptors (Lipinski definition) is 4. The third-order valence-electron chi connectivity index (χ3n) is 1.78. The van der Waals surface area contributed by atoms with Crippen LogP contribution in [0.5, 0.6) is 0 Å². The second-order valence-corrected chi connectivity index (χ2v) is 3.36. The smallest absolute Gasteiger partial charge is 0.318 e. The second kappa shape index (κ2) is 5.30. The standard InChI is InChI=1S/C8H14N4O3/c9-8(15)12-7(14)4-10-3-6(13)11-5-1-2-5/h5,10H,1-4H2,(H,11,13)(H3,9,12,14,15). The zero-order valence-corrected chi connectivity index (χ0v) is 8.21. The fraction of sp³-hybridized carbons (Fsp3) is 0.625. The molecule has 0 spiro atoms. The van der Waals surface area contributed by atoms with Crippen molar-refractivity contribution in [2.24, 2.45) is 5.73 Å². The molecule has 0 aromatic heterocycles. The molecule has 0 bridgehead atoms. The van der Waals surface area contributed by atoms with Gasteiger partial charge in [-0.3, -0.25) is 20.2 Å². The number of urea groups is 1. The van der Waals surface area contributed by atoms with Crippen molar-refractivity contribution in [2.75, 3.05) is 13.1 Å². The van der Waals surface area contributed by atoms with E-state index in [-0.39, 0.29) is 19.0 Å². The van der Waals surface area contributed by atoms with E-state index < -0.39 is 11.9 Å². The zero-order valence-electron chi connectivity index (χ0n) is 8.21. The summed E-state index contributed by atoms with van der Waals surface area (Å²) >= 11 is 0. The average molecular weight is 214 g/mol. The lowest BCUT2D eigenvalue weighted by Crippen LogP contribution is -2.43. The van der Waals surface area contributed by atoms with Crippen LogP contribution in [0.1, 0.15) is 12.8 Å². The van der Waals surface area contributed by atoms with Gasteiger partial charge in [-0.1, -0.05) is 0 Å². The molecule has 1 aliphatic carbocycles. The summed E-state index contributed by atoms with van der Waals surface area (Å²) in [6, 6.07) is -0.594. The van der Waals surface area contributed by atoms with Crippen LogP contribution >= 0.6 is 0 Å². The van der Waals surface area contributed by atoms with Crippen molar-refractivity contribution < 1.29 is 14.4 Å². The molecule has 15 heavy (non-hydrogen) atoms. The molecule has 7 heteroatoms. The third kappa shape index (κ3) is 5.63. The van der Waals surface area contributed by atoms with E-state index in [0.717, 1.165) is 12.8 Å². The Bertz CT molecular complexity index is 275. The third-order valence-corrected chi connectivity index (χ3v) is 1.78. The molecule has 5 N–H and O–H groups in total. The highest BCUT2D eigenvalue weighted by Gasteiger charge is 2.22. The van der Waals surface area contributed by atoms with E-state index in [1.54, 1.807) is 0 Å². The summed E-state index contributed by atoms with van der Waals surface area (Å²) in [6.07, 6.45) is 2.04. The Labute approximate surface area is 86.8 Å². The van der Waals surface area contributed by atoms with Crippen LogP contribution in [0, 0.1) is 0 Å². The van der Waals surface area contributed by atoms with E-state index in [1.807, 2.05) is 5.32 Å². The molecule has 0 aliphatic heterocycles. The number of carbonyl (C=O) groups excluding carboxylic acids is 3. The van der Waals surface area contributed by atoms with Crippen molar-refractivity contribution in [2.45, 2.75) is 18.9 Å². The predicted molar refractivity (Wildman–Crippen MR) is 51.8 cm³/mol. The van der Waals surface area contributed by atoms with E-state index in [2.05, 4.69) is 10.6 Å². The van der Waals surface area contributed by atoms with Gasteiger partial charge in [0.15, 0.2) is 0 Å². The molecule has 1 fully saturated rings. The van der Waals surface area contributed by atoms with Crippen molar-refractivity contribution in [3.63, 3.8) is 0 Å². The Kier molecular flexibility index (Phi) is 4.04.